The summed E-state index contributed by atoms with van der Waals surface area (Å²) in [5, 5.41) is 8.55. The summed E-state index contributed by atoms with van der Waals surface area (Å²) in [6.07, 6.45) is -0.898. The van der Waals surface area contributed by atoms with Gasteiger partial charge in [-0.3, -0.25) is 57.5 Å². The zero-order chi connectivity index (χ0) is 72.3. The summed E-state index contributed by atoms with van der Waals surface area (Å²) in [6.45, 7) is 9.73. The van der Waals surface area contributed by atoms with Crippen LogP contribution in [0.1, 0.15) is 155 Å². The highest BCUT2D eigenvalue weighted by molar-refractivity contribution is 6.01. The summed E-state index contributed by atoms with van der Waals surface area (Å²) < 4.78 is 61.8. The monoisotopic (exact) mass is 1370 g/mol. The van der Waals surface area contributed by atoms with Gasteiger partial charge < -0.3 is 64.8 Å². The van der Waals surface area contributed by atoms with Gasteiger partial charge >= 0.3 is 6.18 Å². The van der Waals surface area contributed by atoms with Crippen LogP contribution in [-0.2, 0) is 74.9 Å². The maximum absolute atomic E-state index is 15.5. The van der Waals surface area contributed by atoms with Gasteiger partial charge in [0.15, 0.2) is 0 Å². The minimum absolute atomic E-state index is 0.0189. The first kappa shape index (κ1) is 78.5. The molecule has 3 saturated heterocycles. The number of carbonyl (C=O) groups is 12. The van der Waals surface area contributed by atoms with E-state index in [1.165, 1.54) is 92.7 Å². The lowest BCUT2D eigenvalue weighted by atomic mass is 9.90. The second-order valence-electron chi connectivity index (χ2n) is 28.0. The van der Waals surface area contributed by atoms with Gasteiger partial charge in [-0.25, -0.2) is 4.39 Å². The van der Waals surface area contributed by atoms with Gasteiger partial charge in [0.25, 0.3) is 0 Å². The summed E-state index contributed by atoms with van der Waals surface area (Å²) in [6, 6.07) is -9.28. The number of hydrogen-bond acceptors (Lipinski definition) is 13. The number of ether oxygens (including phenoxy) is 1. The average molecular weight is 1370 g/mol. The van der Waals surface area contributed by atoms with E-state index in [-0.39, 0.29) is 89.2 Å². The molecule has 5 fully saturated rings. The van der Waals surface area contributed by atoms with Crippen molar-refractivity contribution >= 4 is 70.9 Å². The van der Waals surface area contributed by atoms with E-state index >= 15 is 18.8 Å². The number of alkyl halides is 3. The first-order chi connectivity index (χ1) is 45.5. The minimum Gasteiger partial charge on any atom is -0.379 e. The number of nitrogens with one attached hydrogen (secondary N) is 3. The standard InChI is InChI=1S/C68H104F4N12O13/c1-15-34-97-39-52-62(92)77(9)38-53(85)73-47(28-26-43-25-27-45(46(69)36-43)68(70,71)72)60(90)83-32-21-24-48(83)58(88)75-67(30-19-20-31-67)66(96)82(14)56(44-22-17-18-23-44)65(95)80(12)51(61(91)76(7)8)37-54(86)79(11)50(35-40(3)4)57(87)74-55(41(5)16-2)64(94)78(10)42(6)59(89)84-33-29-49(84)63(93)81(52)13/h25,27,36,40-42,44,47-52,55-56H,15-24,26,28-35,37-39H2,1-14H3,(H,73,85)(H,74,87)(H,75,88)/t41-,42-,47-,48-,49-,50-,51-,52-,55-,56-/m0/s1. The van der Waals surface area contributed by atoms with Gasteiger partial charge in [-0.15, -0.1) is 0 Å². The van der Waals surface area contributed by atoms with Crippen molar-refractivity contribution in [3.63, 3.8) is 0 Å². The van der Waals surface area contributed by atoms with Gasteiger partial charge in [-0.05, 0) is 113 Å². The molecule has 5 aliphatic rings. The second kappa shape index (κ2) is 33.9. The Bertz CT molecular complexity index is 3050. The van der Waals surface area contributed by atoms with Crippen LogP contribution in [0.15, 0.2) is 18.2 Å². The van der Waals surface area contributed by atoms with Crippen LogP contribution in [0.4, 0.5) is 17.6 Å². The third kappa shape index (κ3) is 18.5. The molecule has 0 radical (unpaired) electrons. The number of benzene rings is 1. The van der Waals surface area contributed by atoms with Crippen molar-refractivity contribution in [3.8, 4) is 0 Å². The lowest BCUT2D eigenvalue weighted by molar-refractivity contribution is -0.161. The van der Waals surface area contributed by atoms with Crippen molar-refractivity contribution in [2.75, 3.05) is 89.2 Å². The predicted molar refractivity (Wildman–Crippen MR) is 349 cm³/mol. The molecule has 6 rings (SSSR count). The number of rotatable bonds is 13. The van der Waals surface area contributed by atoms with Gasteiger partial charge in [0, 0.05) is 76.1 Å². The summed E-state index contributed by atoms with van der Waals surface area (Å²) in [5.41, 5.74) is -3.08. The number of amides is 12. The molecular weight excluding hydrogens is 1270 g/mol. The van der Waals surface area contributed by atoms with E-state index in [1.54, 1.807) is 6.92 Å². The van der Waals surface area contributed by atoms with Crippen molar-refractivity contribution in [2.24, 2.45) is 17.8 Å². The highest BCUT2D eigenvalue weighted by Crippen LogP contribution is 2.38. The number of hydrogen-bond donors (Lipinski definition) is 3. The molecule has 1 aromatic rings. The fourth-order valence-corrected chi connectivity index (χ4v) is 14.1. The van der Waals surface area contributed by atoms with Gasteiger partial charge in [0.05, 0.1) is 25.1 Å². The number of fused-ring (bicyclic) bond motifs is 2. The number of likely N-dealkylation sites (N-methyl/N-ethyl adjacent to an activating group) is 7. The Morgan fingerprint density at radius 3 is 1.91 bits per heavy atom. The maximum Gasteiger partial charge on any atom is 0.419 e. The maximum atomic E-state index is 15.5. The van der Waals surface area contributed by atoms with E-state index in [0.717, 1.165) is 33.6 Å². The third-order valence-corrected chi connectivity index (χ3v) is 20.5. The molecule has 10 atom stereocenters. The highest BCUT2D eigenvalue weighted by atomic mass is 19.4. The SMILES string of the molecule is CCCOC[C@H]1C(=O)N(C)CC(=O)N[C@@H](CCc2ccc(C(F)(F)F)c(F)c2)C(=O)N2CCC[C@H]2C(=O)NC2(CCCC2)C(=O)N(C)[C@@H](C2CCCC2)C(=O)N(C)[C@H](C(=O)N(C)C)CC(=O)N(C)[C@@H](CC(C)C)C(=O)N[C@@H]([C@@H](C)CC)C(=O)N(C)[C@@H](C)C(=O)N2CC[C@H]2C(=O)N1C. The molecular formula is C68H104F4N12O13. The van der Waals surface area contributed by atoms with Crippen molar-refractivity contribution in [1.82, 2.24) is 60.0 Å². The molecule has 12 amide bonds. The summed E-state index contributed by atoms with van der Waals surface area (Å²) >= 11 is 0. The van der Waals surface area contributed by atoms with Crippen LogP contribution in [0.2, 0.25) is 0 Å². The predicted octanol–water partition coefficient (Wildman–Crippen LogP) is 3.58. The average Bonchev–Trinajstić information content (AvgIpc) is 1.77. The molecule has 25 nitrogen and oxygen atoms in total. The van der Waals surface area contributed by atoms with Crippen molar-refractivity contribution in [2.45, 2.75) is 217 Å². The van der Waals surface area contributed by atoms with E-state index in [2.05, 4.69) is 16.0 Å². The normalized spacial score (nSPS) is 27.1. The minimum atomic E-state index is -5.01. The number of nitrogens with zero attached hydrogens (tertiary/aromatic N) is 9. The van der Waals surface area contributed by atoms with Gasteiger partial charge in [-0.2, -0.15) is 13.2 Å². The Kier molecular flexibility index (Phi) is 27.4. The summed E-state index contributed by atoms with van der Waals surface area (Å²) in [5.74, 6) is -11.1. The molecule has 3 heterocycles. The molecule has 1 aromatic carbocycles. The lowest BCUT2D eigenvalue weighted by Gasteiger charge is -2.45. The van der Waals surface area contributed by atoms with Crippen LogP contribution in [0.5, 0.6) is 0 Å². The fraction of sp³-hybridized carbons (Fsp3) is 0.735. The van der Waals surface area contributed by atoms with Gasteiger partial charge in [0.2, 0.25) is 70.9 Å². The largest absolute Gasteiger partial charge is 0.419 e. The quantitative estimate of drug-likeness (QED) is 0.188. The molecule has 3 N–H and O–H groups in total. The molecule has 97 heavy (non-hydrogen) atoms. The van der Waals surface area contributed by atoms with Crippen molar-refractivity contribution in [3.05, 3.63) is 35.1 Å². The smallest absolute Gasteiger partial charge is 0.379 e. The van der Waals surface area contributed by atoms with Crippen LogP contribution in [0.3, 0.4) is 0 Å². The Labute approximate surface area is 567 Å². The fourth-order valence-electron chi connectivity index (χ4n) is 14.1. The Morgan fingerprint density at radius 2 is 1.34 bits per heavy atom. The van der Waals surface area contributed by atoms with Crippen molar-refractivity contribution < 1.29 is 79.8 Å². The van der Waals surface area contributed by atoms with Gasteiger partial charge in [-0.1, -0.05) is 72.8 Å². The van der Waals surface area contributed by atoms with Crippen LogP contribution in [0, 0.1) is 23.6 Å². The first-order valence-electron chi connectivity index (χ1n) is 34.3. The molecule has 0 aromatic heterocycles. The lowest BCUT2D eigenvalue weighted by Crippen LogP contribution is -2.65. The zero-order valence-electron chi connectivity index (χ0n) is 59.1. The molecule has 0 unspecified atom stereocenters. The zero-order valence-corrected chi connectivity index (χ0v) is 59.1. The topological polar surface area (TPSA) is 279 Å². The van der Waals surface area contributed by atoms with Crippen LogP contribution < -0.4 is 16.0 Å². The van der Waals surface area contributed by atoms with Crippen LogP contribution in [-0.4, -0.2) is 264 Å². The number of aryl methyl sites for hydroxylation is 1. The van der Waals surface area contributed by atoms with E-state index < -0.39 is 173 Å². The molecule has 1 spiro atoms. The highest BCUT2D eigenvalue weighted by Gasteiger charge is 2.52. The summed E-state index contributed by atoms with van der Waals surface area (Å²) in [7, 11) is 11.2. The first-order valence-corrected chi connectivity index (χ1v) is 34.3. The summed E-state index contributed by atoms with van der Waals surface area (Å²) in [4.78, 5) is 189. The van der Waals surface area contributed by atoms with Crippen LogP contribution >= 0.6 is 0 Å². The Hall–Kier alpha value is -7.46. The molecule has 542 valence electrons. The molecule has 2 saturated carbocycles. The van der Waals surface area contributed by atoms with E-state index in [4.69, 9.17) is 4.74 Å². The third-order valence-electron chi connectivity index (χ3n) is 20.5. The second-order valence-corrected chi connectivity index (χ2v) is 28.0. The Balaban J connectivity index is 1.43. The van der Waals surface area contributed by atoms with Crippen LogP contribution in [0.25, 0.3) is 0 Å². The van der Waals surface area contributed by atoms with E-state index in [9.17, 15) is 56.3 Å². The Morgan fingerprint density at radius 1 is 0.701 bits per heavy atom. The molecule has 3 aliphatic heterocycles. The van der Waals surface area contributed by atoms with Gasteiger partial charge in [0.1, 0.15) is 65.7 Å². The number of carbonyl (C=O) groups excluding carboxylic acids is 12. The van der Waals surface area contributed by atoms with E-state index in [0.29, 0.717) is 50.7 Å². The molecule has 29 heteroatoms. The number of halogens is 4. The molecule has 0 bridgehead atoms. The van der Waals surface area contributed by atoms with E-state index in [1.807, 2.05) is 27.7 Å². The molecule has 2 aliphatic carbocycles. The van der Waals surface area contributed by atoms with Crippen molar-refractivity contribution in [1.29, 1.82) is 0 Å².